The number of rotatable bonds is 3. The van der Waals surface area contributed by atoms with Gasteiger partial charge in [-0.25, -0.2) is 0 Å². The number of hydrogen-bond donors (Lipinski definition) is 4. The average molecular weight is 256 g/mol. The molecule has 0 aliphatic heterocycles. The standard InChI is InChI=1S/C10H14ClN5O/c11-8-7(12)9(16-10(13)15-8)14-6-2-1-5(3-6)4-17/h1-2,5-6,17H,3-4,12H2,(H3,13,14,15,16)/t5-,6-/m0/s1. The van der Waals surface area contributed by atoms with E-state index in [9.17, 15) is 0 Å². The largest absolute Gasteiger partial charge is 0.396 e. The van der Waals surface area contributed by atoms with E-state index in [4.69, 9.17) is 28.2 Å². The molecule has 0 unspecified atom stereocenters. The van der Waals surface area contributed by atoms with Crippen molar-refractivity contribution in [2.75, 3.05) is 23.4 Å². The van der Waals surface area contributed by atoms with Gasteiger partial charge in [0.25, 0.3) is 0 Å². The van der Waals surface area contributed by atoms with Gasteiger partial charge in [-0.15, -0.1) is 0 Å². The Morgan fingerprint density at radius 3 is 2.82 bits per heavy atom. The molecule has 6 N–H and O–H groups in total. The molecule has 2 rings (SSSR count). The normalized spacial score (nSPS) is 22.9. The van der Waals surface area contributed by atoms with E-state index in [0.717, 1.165) is 6.42 Å². The van der Waals surface area contributed by atoms with Gasteiger partial charge in [0.05, 0.1) is 0 Å². The summed E-state index contributed by atoms with van der Waals surface area (Å²) in [5.74, 6) is 0.673. The lowest BCUT2D eigenvalue weighted by atomic mass is 10.1. The van der Waals surface area contributed by atoms with Crippen LogP contribution in [0.15, 0.2) is 12.2 Å². The molecule has 2 atom stereocenters. The van der Waals surface area contributed by atoms with E-state index in [1.165, 1.54) is 0 Å². The van der Waals surface area contributed by atoms with E-state index in [-0.39, 0.29) is 35.4 Å². The highest BCUT2D eigenvalue weighted by molar-refractivity contribution is 6.32. The fourth-order valence-electron chi connectivity index (χ4n) is 1.76. The predicted molar refractivity (Wildman–Crippen MR) is 67.6 cm³/mol. The van der Waals surface area contributed by atoms with Crippen molar-refractivity contribution in [3.63, 3.8) is 0 Å². The molecule has 0 saturated carbocycles. The van der Waals surface area contributed by atoms with Gasteiger partial charge in [0.1, 0.15) is 5.69 Å². The van der Waals surface area contributed by atoms with Crippen LogP contribution in [0.5, 0.6) is 0 Å². The highest BCUT2D eigenvalue weighted by atomic mass is 35.5. The number of nitrogens with one attached hydrogen (secondary N) is 1. The third-order valence-corrected chi connectivity index (χ3v) is 2.93. The van der Waals surface area contributed by atoms with Crippen molar-refractivity contribution in [3.8, 4) is 0 Å². The van der Waals surface area contributed by atoms with Gasteiger partial charge >= 0.3 is 0 Å². The number of nitrogens with two attached hydrogens (primary N) is 2. The first-order valence-corrected chi connectivity index (χ1v) is 5.62. The molecule has 0 fully saturated rings. The summed E-state index contributed by atoms with van der Waals surface area (Å²) in [4.78, 5) is 7.75. The van der Waals surface area contributed by atoms with Gasteiger partial charge in [-0.2, -0.15) is 9.97 Å². The maximum absolute atomic E-state index is 9.02. The van der Waals surface area contributed by atoms with Gasteiger partial charge < -0.3 is 21.9 Å². The second-order valence-corrected chi connectivity index (χ2v) is 4.31. The van der Waals surface area contributed by atoms with E-state index < -0.39 is 0 Å². The Morgan fingerprint density at radius 1 is 1.41 bits per heavy atom. The van der Waals surface area contributed by atoms with E-state index in [0.29, 0.717) is 5.82 Å². The lowest BCUT2D eigenvalue weighted by Gasteiger charge is -2.15. The van der Waals surface area contributed by atoms with Gasteiger partial charge in [-0.1, -0.05) is 23.8 Å². The van der Waals surface area contributed by atoms with Crippen LogP contribution < -0.4 is 16.8 Å². The average Bonchev–Trinajstić information content (AvgIpc) is 2.73. The summed E-state index contributed by atoms with van der Waals surface area (Å²) in [6, 6.07) is 0.0693. The second kappa shape index (κ2) is 4.77. The molecule has 0 radical (unpaired) electrons. The molecular weight excluding hydrogens is 242 g/mol. The van der Waals surface area contributed by atoms with Gasteiger partial charge in [-0.3, -0.25) is 0 Å². The number of aromatic nitrogens is 2. The van der Waals surface area contributed by atoms with Crippen molar-refractivity contribution in [2.45, 2.75) is 12.5 Å². The molecule has 92 valence electrons. The molecule has 1 heterocycles. The summed E-state index contributed by atoms with van der Waals surface area (Å²) in [5, 5.41) is 12.3. The van der Waals surface area contributed by atoms with Gasteiger partial charge in [-0.05, 0) is 6.42 Å². The first kappa shape index (κ1) is 11.9. The minimum absolute atomic E-state index is 0.0693. The van der Waals surface area contributed by atoms with E-state index in [1.807, 2.05) is 12.2 Å². The van der Waals surface area contributed by atoms with E-state index in [2.05, 4.69) is 15.3 Å². The summed E-state index contributed by atoms with van der Waals surface area (Å²) in [5.41, 5.74) is 11.5. The second-order valence-electron chi connectivity index (χ2n) is 3.95. The van der Waals surface area contributed by atoms with Crippen molar-refractivity contribution >= 4 is 29.1 Å². The zero-order valence-electron chi connectivity index (χ0n) is 9.10. The third-order valence-electron chi connectivity index (χ3n) is 2.65. The van der Waals surface area contributed by atoms with E-state index in [1.54, 1.807) is 0 Å². The number of aliphatic hydroxyl groups is 1. The van der Waals surface area contributed by atoms with Crippen LogP contribution >= 0.6 is 11.6 Å². The molecule has 1 aliphatic carbocycles. The number of hydrogen-bond acceptors (Lipinski definition) is 6. The molecular formula is C10H14ClN5O. The van der Waals surface area contributed by atoms with Crippen LogP contribution in [0.25, 0.3) is 0 Å². The van der Waals surface area contributed by atoms with Crippen molar-refractivity contribution in [2.24, 2.45) is 5.92 Å². The zero-order chi connectivity index (χ0) is 12.4. The molecule has 0 aromatic carbocycles. The molecule has 6 nitrogen and oxygen atoms in total. The first-order chi connectivity index (χ1) is 8.10. The minimum atomic E-state index is 0.0693. The number of nitrogens with zero attached hydrogens (tertiary/aromatic N) is 2. The Bertz CT molecular complexity index is 451. The molecule has 0 spiro atoms. The molecule has 17 heavy (non-hydrogen) atoms. The van der Waals surface area contributed by atoms with Crippen molar-refractivity contribution in [3.05, 3.63) is 17.3 Å². The number of halogens is 1. The Kier molecular flexibility index (Phi) is 3.35. The summed E-state index contributed by atoms with van der Waals surface area (Å²) in [6.07, 6.45) is 4.71. The molecule has 0 bridgehead atoms. The highest BCUT2D eigenvalue weighted by Crippen LogP contribution is 2.27. The topological polar surface area (TPSA) is 110 Å². The van der Waals surface area contributed by atoms with Crippen molar-refractivity contribution < 1.29 is 5.11 Å². The fourth-order valence-corrected chi connectivity index (χ4v) is 1.94. The zero-order valence-corrected chi connectivity index (χ0v) is 9.85. The Hall–Kier alpha value is -1.53. The van der Waals surface area contributed by atoms with Crippen LogP contribution in [0.3, 0.4) is 0 Å². The third kappa shape index (κ3) is 2.59. The quantitative estimate of drug-likeness (QED) is 0.466. The van der Waals surface area contributed by atoms with Crippen LogP contribution in [0, 0.1) is 5.92 Å². The molecule has 1 aliphatic rings. The summed E-state index contributed by atoms with van der Waals surface area (Å²) in [6.45, 7) is 0.136. The minimum Gasteiger partial charge on any atom is -0.396 e. The number of nitrogen functional groups attached to an aromatic ring is 2. The lowest BCUT2D eigenvalue weighted by molar-refractivity contribution is 0.250. The summed E-state index contributed by atoms with van der Waals surface area (Å²) in [7, 11) is 0. The Labute approximate surface area is 104 Å². The van der Waals surface area contributed by atoms with Gasteiger partial charge in [0.2, 0.25) is 5.95 Å². The molecule has 0 saturated heterocycles. The number of aliphatic hydroxyl groups excluding tert-OH is 1. The Balaban J connectivity index is 2.12. The maximum atomic E-state index is 9.02. The number of anilines is 3. The van der Waals surface area contributed by atoms with Crippen LogP contribution in [-0.4, -0.2) is 27.7 Å². The van der Waals surface area contributed by atoms with Crippen molar-refractivity contribution in [1.29, 1.82) is 0 Å². The van der Waals surface area contributed by atoms with Crippen LogP contribution in [0.4, 0.5) is 17.5 Å². The summed E-state index contributed by atoms with van der Waals surface area (Å²) < 4.78 is 0. The smallest absolute Gasteiger partial charge is 0.223 e. The predicted octanol–water partition coefficient (Wildman–Crippen LogP) is 0.643. The van der Waals surface area contributed by atoms with Crippen LogP contribution in [0.2, 0.25) is 5.15 Å². The molecule has 0 amide bonds. The molecule has 1 aromatic rings. The maximum Gasteiger partial charge on any atom is 0.223 e. The Morgan fingerprint density at radius 2 is 2.18 bits per heavy atom. The monoisotopic (exact) mass is 255 g/mol. The van der Waals surface area contributed by atoms with Crippen LogP contribution in [-0.2, 0) is 0 Å². The highest BCUT2D eigenvalue weighted by Gasteiger charge is 2.20. The lowest BCUT2D eigenvalue weighted by Crippen LogP contribution is -2.19. The summed E-state index contributed by atoms with van der Waals surface area (Å²) >= 11 is 5.81. The fraction of sp³-hybridized carbons (Fsp3) is 0.400. The van der Waals surface area contributed by atoms with Crippen molar-refractivity contribution in [1.82, 2.24) is 9.97 Å². The molecule has 1 aromatic heterocycles. The van der Waals surface area contributed by atoms with E-state index >= 15 is 0 Å². The molecule has 7 heteroatoms. The SMILES string of the molecule is Nc1nc(Cl)c(N)c(N[C@H]2C=C[C@H](CO)C2)n1. The van der Waals surface area contributed by atoms with Crippen LogP contribution in [0.1, 0.15) is 6.42 Å². The van der Waals surface area contributed by atoms with Gasteiger partial charge in [0.15, 0.2) is 11.0 Å². The first-order valence-electron chi connectivity index (χ1n) is 5.24. The van der Waals surface area contributed by atoms with Gasteiger partial charge in [0, 0.05) is 18.6 Å².